The molecule has 4 saturated heterocycles. The Bertz CT molecular complexity index is 358. The predicted molar refractivity (Wildman–Crippen MR) is 77.5 cm³/mol. The number of rotatable bonds is 1. The summed E-state index contributed by atoms with van der Waals surface area (Å²) in [6.07, 6.45) is 5.56. The van der Waals surface area contributed by atoms with E-state index in [-0.39, 0.29) is 5.60 Å². The van der Waals surface area contributed by atoms with E-state index in [1.54, 1.807) is 0 Å². The Morgan fingerprint density at radius 3 is 2.95 bits per heavy atom. The molecule has 4 aliphatic rings. The van der Waals surface area contributed by atoms with Crippen LogP contribution in [0.2, 0.25) is 0 Å². The Labute approximate surface area is 120 Å². The van der Waals surface area contributed by atoms with Gasteiger partial charge in [0.2, 0.25) is 0 Å². The number of hydrogen-bond donors (Lipinski definition) is 1. The lowest BCUT2D eigenvalue weighted by molar-refractivity contribution is -0.159. The molecule has 0 amide bonds. The van der Waals surface area contributed by atoms with E-state index in [0.29, 0.717) is 11.8 Å². The van der Waals surface area contributed by atoms with Crippen molar-refractivity contribution in [2.24, 2.45) is 11.8 Å². The molecule has 5 unspecified atom stereocenters. The number of thioether (sulfide) groups is 1. The molecule has 0 aromatic carbocycles. The molecular formula is C15H25NO2S. The van der Waals surface area contributed by atoms with Gasteiger partial charge in [0.25, 0.3) is 0 Å². The summed E-state index contributed by atoms with van der Waals surface area (Å²) in [6.45, 7) is 4.31. The molecule has 4 heterocycles. The smallest absolute Gasteiger partial charge is 0.0784 e. The van der Waals surface area contributed by atoms with Crippen LogP contribution in [0.25, 0.3) is 0 Å². The normalized spacial score (nSPS) is 53.8. The van der Waals surface area contributed by atoms with Gasteiger partial charge in [-0.25, -0.2) is 0 Å². The number of ether oxygens (including phenoxy) is 1. The van der Waals surface area contributed by atoms with Crippen molar-refractivity contribution in [1.82, 2.24) is 4.90 Å². The fraction of sp³-hybridized carbons (Fsp3) is 1.00. The Hall–Kier alpha value is 0.230. The van der Waals surface area contributed by atoms with Gasteiger partial charge in [-0.05, 0) is 50.3 Å². The van der Waals surface area contributed by atoms with E-state index in [4.69, 9.17) is 4.74 Å². The molecule has 1 spiro atoms. The summed E-state index contributed by atoms with van der Waals surface area (Å²) in [5, 5.41) is 11.3. The molecule has 0 aromatic rings. The second-order valence-electron chi connectivity index (χ2n) is 7.05. The molecule has 2 bridgehead atoms. The first kappa shape index (κ1) is 12.9. The third-order valence-electron chi connectivity index (χ3n) is 6.07. The molecule has 0 radical (unpaired) electrons. The number of hydrogen-bond acceptors (Lipinski definition) is 4. The van der Waals surface area contributed by atoms with Gasteiger partial charge in [0.05, 0.1) is 11.2 Å². The molecular weight excluding hydrogens is 258 g/mol. The average Bonchev–Trinajstić information content (AvgIpc) is 3.03. The van der Waals surface area contributed by atoms with Crippen molar-refractivity contribution in [1.29, 1.82) is 0 Å². The van der Waals surface area contributed by atoms with E-state index in [0.717, 1.165) is 44.7 Å². The van der Waals surface area contributed by atoms with E-state index >= 15 is 0 Å². The first-order chi connectivity index (χ1) is 9.20. The molecule has 0 aliphatic carbocycles. The highest BCUT2D eigenvalue weighted by atomic mass is 32.2. The van der Waals surface area contributed by atoms with Crippen LogP contribution in [0, 0.1) is 11.8 Å². The highest BCUT2D eigenvalue weighted by Crippen LogP contribution is 2.49. The van der Waals surface area contributed by atoms with Crippen LogP contribution in [0.1, 0.15) is 32.1 Å². The Kier molecular flexibility index (Phi) is 3.14. The van der Waals surface area contributed by atoms with Gasteiger partial charge in [0, 0.05) is 31.4 Å². The minimum absolute atomic E-state index is 0.110. The van der Waals surface area contributed by atoms with Crippen molar-refractivity contribution in [2.75, 3.05) is 37.7 Å². The molecule has 108 valence electrons. The third-order valence-corrected chi connectivity index (χ3v) is 7.30. The predicted octanol–water partition coefficient (Wildman–Crippen LogP) is 1.75. The maximum Gasteiger partial charge on any atom is 0.0784 e. The van der Waals surface area contributed by atoms with Crippen LogP contribution in [0.5, 0.6) is 0 Å². The Morgan fingerprint density at radius 2 is 2.11 bits per heavy atom. The standard InChI is InChI=1S/C15H25NO2S/c17-15(3-6-16-5-1-13(15)10-16)12-2-7-18-14(9-12)4-8-19-11-14/h12-13,17H,1-11H2. The SMILES string of the molecule is OC1(C2CCOC3(CCSC3)C2)CCN2CCC1C2. The molecule has 0 saturated carbocycles. The first-order valence-corrected chi connectivity index (χ1v) is 9.02. The fourth-order valence-electron chi connectivity index (χ4n) is 4.84. The van der Waals surface area contributed by atoms with Crippen LogP contribution in [0.15, 0.2) is 0 Å². The molecule has 19 heavy (non-hydrogen) atoms. The second kappa shape index (κ2) is 4.62. The lowest BCUT2D eigenvalue weighted by Crippen LogP contribution is -2.55. The molecule has 4 aliphatic heterocycles. The van der Waals surface area contributed by atoms with Gasteiger partial charge in [-0.1, -0.05) is 0 Å². The maximum atomic E-state index is 11.3. The summed E-state index contributed by atoms with van der Waals surface area (Å²) in [5.41, 5.74) is -0.282. The van der Waals surface area contributed by atoms with Crippen molar-refractivity contribution in [3.05, 3.63) is 0 Å². The van der Waals surface area contributed by atoms with Crippen LogP contribution in [0.3, 0.4) is 0 Å². The van der Waals surface area contributed by atoms with Crippen molar-refractivity contribution < 1.29 is 9.84 Å². The quantitative estimate of drug-likeness (QED) is 0.795. The zero-order chi connectivity index (χ0) is 12.9. The van der Waals surface area contributed by atoms with Gasteiger partial charge in [0.1, 0.15) is 0 Å². The molecule has 4 heteroatoms. The lowest BCUT2D eigenvalue weighted by Gasteiger charge is -2.49. The summed E-state index contributed by atoms with van der Waals surface area (Å²) in [7, 11) is 0. The maximum absolute atomic E-state index is 11.3. The summed E-state index contributed by atoms with van der Waals surface area (Å²) in [6, 6.07) is 0. The zero-order valence-corrected chi connectivity index (χ0v) is 12.5. The number of piperidine rings is 1. The molecule has 5 atom stereocenters. The third kappa shape index (κ3) is 2.06. The summed E-state index contributed by atoms with van der Waals surface area (Å²) in [4.78, 5) is 2.53. The minimum Gasteiger partial charge on any atom is -0.389 e. The van der Waals surface area contributed by atoms with Gasteiger partial charge in [0.15, 0.2) is 0 Å². The van der Waals surface area contributed by atoms with E-state index in [2.05, 4.69) is 4.90 Å². The van der Waals surface area contributed by atoms with Crippen LogP contribution < -0.4 is 0 Å². The van der Waals surface area contributed by atoms with Gasteiger partial charge in [-0.15, -0.1) is 0 Å². The van der Waals surface area contributed by atoms with Gasteiger partial charge < -0.3 is 14.7 Å². The first-order valence-electron chi connectivity index (χ1n) is 7.87. The Balaban J connectivity index is 1.54. The average molecular weight is 283 g/mol. The largest absolute Gasteiger partial charge is 0.389 e. The monoisotopic (exact) mass is 283 g/mol. The Morgan fingerprint density at radius 1 is 1.16 bits per heavy atom. The number of aliphatic hydroxyl groups is 1. The lowest BCUT2D eigenvalue weighted by atomic mass is 9.67. The zero-order valence-electron chi connectivity index (χ0n) is 11.6. The topological polar surface area (TPSA) is 32.7 Å². The van der Waals surface area contributed by atoms with Crippen molar-refractivity contribution in [3.63, 3.8) is 0 Å². The molecule has 4 rings (SSSR count). The highest BCUT2D eigenvalue weighted by Gasteiger charge is 2.53. The summed E-state index contributed by atoms with van der Waals surface area (Å²) in [5.74, 6) is 3.39. The molecule has 0 aromatic heterocycles. The minimum atomic E-state index is -0.392. The molecule has 3 nitrogen and oxygen atoms in total. The number of fused-ring (bicyclic) bond motifs is 2. The van der Waals surface area contributed by atoms with Crippen LogP contribution in [-0.2, 0) is 4.74 Å². The fourth-order valence-corrected chi connectivity index (χ4v) is 6.22. The van der Waals surface area contributed by atoms with E-state index < -0.39 is 5.60 Å². The van der Waals surface area contributed by atoms with Gasteiger partial charge >= 0.3 is 0 Å². The van der Waals surface area contributed by atoms with Gasteiger partial charge in [-0.3, -0.25) is 0 Å². The van der Waals surface area contributed by atoms with Crippen LogP contribution in [-0.4, -0.2) is 59.0 Å². The highest BCUT2D eigenvalue weighted by molar-refractivity contribution is 7.99. The summed E-state index contributed by atoms with van der Waals surface area (Å²) >= 11 is 2.03. The van der Waals surface area contributed by atoms with Crippen molar-refractivity contribution >= 4 is 11.8 Å². The molecule has 1 N–H and O–H groups in total. The van der Waals surface area contributed by atoms with Crippen molar-refractivity contribution in [3.8, 4) is 0 Å². The van der Waals surface area contributed by atoms with Crippen molar-refractivity contribution in [2.45, 2.75) is 43.3 Å². The summed E-state index contributed by atoms with van der Waals surface area (Å²) < 4.78 is 6.13. The van der Waals surface area contributed by atoms with Crippen LogP contribution in [0.4, 0.5) is 0 Å². The van der Waals surface area contributed by atoms with E-state index in [1.807, 2.05) is 11.8 Å². The number of nitrogens with zero attached hydrogens (tertiary/aromatic N) is 1. The van der Waals surface area contributed by atoms with Gasteiger partial charge in [-0.2, -0.15) is 11.8 Å². The second-order valence-corrected chi connectivity index (χ2v) is 8.16. The van der Waals surface area contributed by atoms with E-state index in [9.17, 15) is 5.11 Å². The van der Waals surface area contributed by atoms with E-state index in [1.165, 1.54) is 25.1 Å². The molecule has 4 fully saturated rings. The van der Waals surface area contributed by atoms with Crippen LogP contribution >= 0.6 is 11.8 Å².